The molecule has 5 rings (SSSR count). The van der Waals surface area contributed by atoms with Gasteiger partial charge in [-0.15, -0.1) is 0 Å². The minimum absolute atomic E-state index is 0.258. The van der Waals surface area contributed by atoms with Gasteiger partial charge in [0, 0.05) is 46.4 Å². The number of piperidine rings is 1. The van der Waals surface area contributed by atoms with Crippen molar-refractivity contribution >= 4 is 34.5 Å². The fourth-order valence-corrected chi connectivity index (χ4v) is 4.92. The Morgan fingerprint density at radius 2 is 1.69 bits per heavy atom. The normalized spacial score (nSPS) is 16.0. The van der Waals surface area contributed by atoms with E-state index >= 15 is 0 Å². The number of primary amides is 1. The highest BCUT2D eigenvalue weighted by molar-refractivity contribution is 6.32. The minimum atomic E-state index is -0.599. The molecule has 39 heavy (non-hydrogen) atoms. The molecule has 2 amide bonds. The number of anilines is 2. The number of fused-ring (bicyclic) bond motifs is 1. The summed E-state index contributed by atoms with van der Waals surface area (Å²) in [5, 5.41) is 6.00. The fourth-order valence-electron chi connectivity index (χ4n) is 4.92. The van der Waals surface area contributed by atoms with E-state index in [1.54, 1.807) is 42.6 Å². The Balaban J connectivity index is 1.19. The summed E-state index contributed by atoms with van der Waals surface area (Å²) in [6.45, 7) is 4.16. The number of hydrogen-bond donors (Lipinski definition) is 3. The molecule has 2 heterocycles. The molecule has 4 N–H and O–H groups in total. The Bertz CT molecular complexity index is 1410. The predicted octanol–water partition coefficient (Wildman–Crippen LogP) is 4.68. The van der Waals surface area contributed by atoms with Crippen molar-refractivity contribution in [2.75, 3.05) is 36.9 Å². The molecule has 0 saturated carbocycles. The molecule has 0 bridgehead atoms. The van der Waals surface area contributed by atoms with Crippen LogP contribution in [0.15, 0.2) is 72.9 Å². The van der Waals surface area contributed by atoms with Crippen LogP contribution in [0.2, 0.25) is 0 Å². The van der Waals surface area contributed by atoms with Gasteiger partial charge in [0.05, 0.1) is 12.2 Å². The molecule has 0 radical (unpaired) electrons. The van der Waals surface area contributed by atoms with Crippen LogP contribution < -0.4 is 21.1 Å². The summed E-state index contributed by atoms with van der Waals surface area (Å²) in [6.07, 6.45) is 6.61. The average Bonchev–Trinajstić information content (AvgIpc) is 3.29. The van der Waals surface area contributed by atoms with E-state index < -0.39 is 5.91 Å². The van der Waals surface area contributed by atoms with Crippen molar-refractivity contribution in [2.45, 2.75) is 25.7 Å². The Kier molecular flexibility index (Phi) is 8.03. The molecule has 0 aliphatic carbocycles. The first-order valence-corrected chi connectivity index (χ1v) is 13.3. The SMILES string of the molecule is NC(=O)c1cccc(C(=O)c2ccc3c(c2)NC(=O)C3=CNc2ccc(OCCCN3CCCCC3)cc2)c1. The molecule has 2 aliphatic rings. The summed E-state index contributed by atoms with van der Waals surface area (Å²) >= 11 is 0. The maximum Gasteiger partial charge on any atom is 0.257 e. The van der Waals surface area contributed by atoms with Crippen molar-refractivity contribution in [2.24, 2.45) is 5.73 Å². The van der Waals surface area contributed by atoms with Gasteiger partial charge in [-0.1, -0.05) is 30.7 Å². The van der Waals surface area contributed by atoms with E-state index in [0.717, 1.165) is 24.4 Å². The first-order chi connectivity index (χ1) is 19.0. The third-order valence-electron chi connectivity index (χ3n) is 7.05. The van der Waals surface area contributed by atoms with Crippen molar-refractivity contribution in [3.63, 3.8) is 0 Å². The molecule has 1 saturated heterocycles. The van der Waals surface area contributed by atoms with E-state index in [2.05, 4.69) is 15.5 Å². The van der Waals surface area contributed by atoms with Gasteiger partial charge < -0.3 is 26.0 Å². The van der Waals surface area contributed by atoms with Gasteiger partial charge in [-0.25, -0.2) is 0 Å². The molecular weight excluding hydrogens is 492 g/mol. The second-order valence-electron chi connectivity index (χ2n) is 9.82. The number of nitrogens with one attached hydrogen (secondary N) is 2. The zero-order valence-corrected chi connectivity index (χ0v) is 21.7. The molecule has 0 unspecified atom stereocenters. The molecular formula is C31H32N4O4. The fraction of sp³-hybridized carbons (Fsp3) is 0.258. The van der Waals surface area contributed by atoms with Gasteiger partial charge in [-0.05, 0) is 74.8 Å². The number of nitrogens with two attached hydrogens (primary N) is 1. The van der Waals surface area contributed by atoms with E-state index in [1.807, 2.05) is 24.3 Å². The van der Waals surface area contributed by atoms with Crippen LogP contribution >= 0.6 is 0 Å². The van der Waals surface area contributed by atoms with Crippen LogP contribution in [0.4, 0.5) is 11.4 Å². The van der Waals surface area contributed by atoms with E-state index in [9.17, 15) is 14.4 Å². The zero-order valence-electron chi connectivity index (χ0n) is 21.7. The molecule has 8 heteroatoms. The van der Waals surface area contributed by atoms with Crippen LogP contribution in [0.3, 0.4) is 0 Å². The highest BCUT2D eigenvalue weighted by atomic mass is 16.5. The molecule has 1 fully saturated rings. The third kappa shape index (κ3) is 6.35. The number of amides is 2. The lowest BCUT2D eigenvalue weighted by Gasteiger charge is -2.26. The average molecular weight is 525 g/mol. The Hall–Kier alpha value is -4.43. The molecule has 2 aliphatic heterocycles. The largest absolute Gasteiger partial charge is 0.494 e. The minimum Gasteiger partial charge on any atom is -0.494 e. The Morgan fingerprint density at radius 3 is 2.46 bits per heavy atom. The summed E-state index contributed by atoms with van der Waals surface area (Å²) in [5.74, 6) is -0.307. The molecule has 0 aromatic heterocycles. The number of likely N-dealkylation sites (tertiary alicyclic amines) is 1. The lowest BCUT2D eigenvalue weighted by atomic mass is 9.98. The lowest BCUT2D eigenvalue weighted by molar-refractivity contribution is -0.110. The van der Waals surface area contributed by atoms with Crippen LogP contribution in [-0.4, -0.2) is 48.7 Å². The molecule has 0 spiro atoms. The Morgan fingerprint density at radius 1 is 0.949 bits per heavy atom. The van der Waals surface area contributed by atoms with E-state index in [0.29, 0.717) is 34.6 Å². The Labute approximate surface area is 227 Å². The second-order valence-corrected chi connectivity index (χ2v) is 9.82. The lowest BCUT2D eigenvalue weighted by Crippen LogP contribution is -2.31. The van der Waals surface area contributed by atoms with Crippen molar-refractivity contribution in [1.29, 1.82) is 0 Å². The van der Waals surface area contributed by atoms with Crippen molar-refractivity contribution in [1.82, 2.24) is 4.90 Å². The van der Waals surface area contributed by atoms with Gasteiger partial charge in [0.15, 0.2) is 5.78 Å². The number of carbonyl (C=O) groups excluding carboxylic acids is 3. The van der Waals surface area contributed by atoms with E-state index in [1.165, 1.54) is 38.4 Å². The quantitative estimate of drug-likeness (QED) is 0.202. The van der Waals surface area contributed by atoms with Crippen LogP contribution in [0.5, 0.6) is 5.75 Å². The van der Waals surface area contributed by atoms with E-state index in [4.69, 9.17) is 10.5 Å². The molecule has 0 atom stereocenters. The molecule has 8 nitrogen and oxygen atoms in total. The van der Waals surface area contributed by atoms with Crippen LogP contribution in [0, 0.1) is 0 Å². The highest BCUT2D eigenvalue weighted by Gasteiger charge is 2.25. The van der Waals surface area contributed by atoms with Crippen molar-refractivity contribution < 1.29 is 19.1 Å². The monoisotopic (exact) mass is 524 g/mol. The van der Waals surface area contributed by atoms with Gasteiger partial charge in [0.2, 0.25) is 5.91 Å². The first kappa shape index (κ1) is 26.2. The topological polar surface area (TPSA) is 114 Å². The van der Waals surface area contributed by atoms with Crippen LogP contribution in [0.25, 0.3) is 5.57 Å². The van der Waals surface area contributed by atoms with Crippen molar-refractivity contribution in [3.8, 4) is 5.75 Å². The second kappa shape index (κ2) is 12.0. The maximum atomic E-state index is 13.0. The summed E-state index contributed by atoms with van der Waals surface area (Å²) in [7, 11) is 0. The highest BCUT2D eigenvalue weighted by Crippen LogP contribution is 2.33. The number of benzene rings is 3. The smallest absolute Gasteiger partial charge is 0.257 e. The number of nitrogens with zero attached hydrogens (tertiary/aromatic N) is 1. The zero-order chi connectivity index (χ0) is 27.2. The van der Waals surface area contributed by atoms with Gasteiger partial charge in [-0.3, -0.25) is 14.4 Å². The van der Waals surface area contributed by atoms with Crippen LogP contribution in [-0.2, 0) is 4.79 Å². The number of rotatable bonds is 10. The standard InChI is InChI=1S/C31H32N4O4/c32-30(37)23-7-4-6-21(18-23)29(36)22-8-13-26-27(31(38)34-28(26)19-22)20-33-24-9-11-25(12-10-24)39-17-5-16-35-14-2-1-3-15-35/h4,6-13,18-20,33H,1-3,5,14-17H2,(H2,32,37)(H,34,38). The number of hydrogen-bond acceptors (Lipinski definition) is 6. The summed E-state index contributed by atoms with van der Waals surface area (Å²) in [5.41, 5.74) is 8.89. The molecule has 200 valence electrons. The van der Waals surface area contributed by atoms with Crippen molar-refractivity contribution in [3.05, 3.63) is 95.2 Å². The first-order valence-electron chi connectivity index (χ1n) is 13.3. The van der Waals surface area contributed by atoms with Gasteiger partial charge in [0.25, 0.3) is 5.91 Å². The number of carbonyl (C=O) groups is 3. The summed E-state index contributed by atoms with van der Waals surface area (Å²) in [6, 6.07) is 19.0. The maximum absolute atomic E-state index is 13.0. The van der Waals surface area contributed by atoms with Gasteiger partial charge in [0.1, 0.15) is 5.75 Å². The van der Waals surface area contributed by atoms with Crippen LogP contribution in [0.1, 0.15) is 57.5 Å². The number of ether oxygens (including phenoxy) is 1. The summed E-state index contributed by atoms with van der Waals surface area (Å²) < 4.78 is 5.89. The number of ketones is 1. The van der Waals surface area contributed by atoms with Gasteiger partial charge >= 0.3 is 0 Å². The van der Waals surface area contributed by atoms with Gasteiger partial charge in [-0.2, -0.15) is 0 Å². The summed E-state index contributed by atoms with van der Waals surface area (Å²) in [4.78, 5) is 39.6. The third-order valence-corrected chi connectivity index (χ3v) is 7.05. The molecule has 3 aromatic rings. The van der Waals surface area contributed by atoms with E-state index in [-0.39, 0.29) is 17.3 Å². The molecule has 3 aromatic carbocycles. The predicted molar refractivity (Wildman–Crippen MR) is 152 cm³/mol.